The molecule has 0 spiro atoms. The average Bonchev–Trinajstić information content (AvgIpc) is 2.46. The molecule has 116 valence electrons. The van der Waals surface area contributed by atoms with Gasteiger partial charge in [-0.25, -0.2) is 5.10 Å². The van der Waals surface area contributed by atoms with Gasteiger partial charge < -0.3 is 5.32 Å². The van der Waals surface area contributed by atoms with Crippen LogP contribution in [0, 0.1) is 13.8 Å². The molecule has 0 aliphatic rings. The normalized spacial score (nSPS) is 12.0. The molecule has 2 aromatic rings. The molecule has 2 N–H and O–H groups in total. The molecule has 7 heteroatoms. The van der Waals surface area contributed by atoms with Crippen molar-refractivity contribution in [3.05, 3.63) is 61.0 Å². The Balaban J connectivity index is 2.32. The van der Waals surface area contributed by atoms with E-state index in [0.717, 1.165) is 0 Å². The third-order valence-corrected chi connectivity index (χ3v) is 4.33. The minimum atomic E-state index is -0.523. The minimum absolute atomic E-state index is 0.0532. The van der Waals surface area contributed by atoms with Crippen LogP contribution in [-0.4, -0.2) is 16.1 Å². The van der Waals surface area contributed by atoms with Crippen LogP contribution in [0.4, 0.5) is 0 Å². The van der Waals surface area contributed by atoms with Crippen LogP contribution in [0.1, 0.15) is 40.1 Å². The molecule has 0 aliphatic heterocycles. The van der Waals surface area contributed by atoms with Gasteiger partial charge in [-0.1, -0.05) is 35.3 Å². The first-order valence-corrected chi connectivity index (χ1v) is 7.39. The van der Waals surface area contributed by atoms with Gasteiger partial charge in [0.1, 0.15) is 5.56 Å². The Morgan fingerprint density at radius 1 is 1.32 bits per heavy atom. The van der Waals surface area contributed by atoms with E-state index in [4.69, 9.17) is 23.2 Å². The molecule has 5 nitrogen and oxygen atoms in total. The highest BCUT2D eigenvalue weighted by Gasteiger charge is 2.20. The summed E-state index contributed by atoms with van der Waals surface area (Å²) in [4.78, 5) is 24.2. The predicted molar refractivity (Wildman–Crippen MR) is 86.7 cm³/mol. The van der Waals surface area contributed by atoms with Gasteiger partial charge in [-0.3, -0.25) is 9.59 Å². The maximum Gasteiger partial charge on any atom is 0.277 e. The molecule has 2 rings (SSSR count). The number of hydrogen-bond acceptors (Lipinski definition) is 3. The molecule has 0 aliphatic carbocycles. The number of carbonyl (C=O) groups is 1. The summed E-state index contributed by atoms with van der Waals surface area (Å²) in [6.45, 7) is 5.18. The van der Waals surface area contributed by atoms with E-state index in [1.165, 1.54) is 0 Å². The number of aromatic nitrogens is 2. The summed E-state index contributed by atoms with van der Waals surface area (Å²) in [5.74, 6) is -0.479. The summed E-state index contributed by atoms with van der Waals surface area (Å²) < 4.78 is 0. The van der Waals surface area contributed by atoms with Crippen LogP contribution in [0.5, 0.6) is 0 Å². The first kappa shape index (κ1) is 16.5. The van der Waals surface area contributed by atoms with Crippen LogP contribution in [0.15, 0.2) is 23.0 Å². The lowest BCUT2D eigenvalue weighted by molar-refractivity contribution is 0.0937. The number of aryl methyl sites for hydroxylation is 1. The molecule has 1 unspecified atom stereocenters. The van der Waals surface area contributed by atoms with Crippen molar-refractivity contribution in [1.82, 2.24) is 15.5 Å². The second-order valence-electron chi connectivity index (χ2n) is 4.98. The zero-order valence-corrected chi connectivity index (χ0v) is 13.8. The fourth-order valence-electron chi connectivity index (χ4n) is 2.10. The van der Waals surface area contributed by atoms with Crippen LogP contribution >= 0.6 is 23.2 Å². The molecule has 1 aromatic carbocycles. The van der Waals surface area contributed by atoms with Crippen molar-refractivity contribution in [3.8, 4) is 0 Å². The number of halogens is 2. The molecule has 0 fully saturated rings. The van der Waals surface area contributed by atoms with Crippen molar-refractivity contribution in [3.63, 3.8) is 0 Å². The number of amides is 1. The zero-order chi connectivity index (χ0) is 16.4. The highest BCUT2D eigenvalue weighted by molar-refractivity contribution is 6.42. The van der Waals surface area contributed by atoms with Crippen molar-refractivity contribution in [2.75, 3.05) is 0 Å². The summed E-state index contributed by atoms with van der Waals surface area (Å²) in [6.07, 6.45) is 0. The van der Waals surface area contributed by atoms with Crippen LogP contribution in [0.2, 0.25) is 10.0 Å². The largest absolute Gasteiger partial charge is 0.345 e. The van der Waals surface area contributed by atoms with Crippen molar-refractivity contribution in [2.45, 2.75) is 26.8 Å². The molecule has 1 heterocycles. The zero-order valence-electron chi connectivity index (χ0n) is 12.3. The van der Waals surface area contributed by atoms with Crippen LogP contribution in [0.3, 0.4) is 0 Å². The Kier molecular flexibility index (Phi) is 4.88. The average molecular weight is 340 g/mol. The predicted octanol–water partition coefficient (Wildman–Crippen LogP) is 3.18. The van der Waals surface area contributed by atoms with Gasteiger partial charge in [-0.05, 0) is 38.0 Å². The van der Waals surface area contributed by atoms with E-state index >= 15 is 0 Å². The summed E-state index contributed by atoms with van der Waals surface area (Å²) in [5.41, 5.74) is 1.36. The molecule has 0 saturated heterocycles. The monoisotopic (exact) mass is 339 g/mol. The SMILES string of the molecule is Cc1n[nH]c(=O)c(C(=O)NC(C)c2cccc(Cl)c2Cl)c1C. The van der Waals surface area contributed by atoms with Gasteiger partial charge in [-0.15, -0.1) is 0 Å². The summed E-state index contributed by atoms with van der Waals surface area (Å²) in [5, 5.41) is 9.69. The number of carbonyl (C=O) groups excluding carboxylic acids is 1. The Morgan fingerprint density at radius 2 is 2.00 bits per heavy atom. The van der Waals surface area contributed by atoms with E-state index in [2.05, 4.69) is 15.5 Å². The van der Waals surface area contributed by atoms with Gasteiger partial charge >= 0.3 is 0 Å². The van der Waals surface area contributed by atoms with Gasteiger partial charge in [0.2, 0.25) is 0 Å². The maximum absolute atomic E-state index is 12.4. The standard InChI is InChI=1S/C15H15Cl2N3O2/c1-7-8(2)19-20-15(22)12(7)14(21)18-9(3)10-5-4-6-11(16)13(10)17/h4-6,9H,1-3H3,(H,18,21)(H,20,22). The molecule has 0 bridgehead atoms. The Bertz CT molecular complexity index is 787. The Hall–Kier alpha value is -1.85. The van der Waals surface area contributed by atoms with Crippen molar-refractivity contribution < 1.29 is 4.79 Å². The molecule has 1 aromatic heterocycles. The third kappa shape index (κ3) is 3.15. The quantitative estimate of drug-likeness (QED) is 0.901. The van der Waals surface area contributed by atoms with Gasteiger partial charge in [-0.2, -0.15) is 5.10 Å². The smallest absolute Gasteiger partial charge is 0.277 e. The fourth-order valence-corrected chi connectivity index (χ4v) is 2.57. The molecule has 0 radical (unpaired) electrons. The van der Waals surface area contributed by atoms with Gasteiger partial charge in [0.05, 0.1) is 21.8 Å². The molecule has 0 saturated carbocycles. The van der Waals surface area contributed by atoms with Gasteiger partial charge in [0, 0.05) is 0 Å². The summed E-state index contributed by atoms with van der Waals surface area (Å²) in [7, 11) is 0. The number of hydrogen-bond donors (Lipinski definition) is 2. The Labute approximate surface area is 137 Å². The molecule has 1 amide bonds. The molecular formula is C15H15Cl2N3O2. The number of rotatable bonds is 3. The van der Waals surface area contributed by atoms with Gasteiger partial charge in [0.25, 0.3) is 11.5 Å². The van der Waals surface area contributed by atoms with E-state index in [1.807, 2.05) is 0 Å². The van der Waals surface area contributed by atoms with E-state index in [-0.39, 0.29) is 5.56 Å². The van der Waals surface area contributed by atoms with Gasteiger partial charge in [0.15, 0.2) is 0 Å². The van der Waals surface area contributed by atoms with Crippen LogP contribution in [0.25, 0.3) is 0 Å². The molecule has 1 atom stereocenters. The van der Waals surface area contributed by atoms with Crippen LogP contribution < -0.4 is 10.9 Å². The first-order valence-electron chi connectivity index (χ1n) is 6.63. The number of nitrogens with one attached hydrogen (secondary N) is 2. The summed E-state index contributed by atoms with van der Waals surface area (Å²) in [6, 6.07) is 4.80. The number of H-pyrrole nitrogens is 1. The highest BCUT2D eigenvalue weighted by atomic mass is 35.5. The van der Waals surface area contributed by atoms with E-state index < -0.39 is 17.5 Å². The molecule has 22 heavy (non-hydrogen) atoms. The second kappa shape index (κ2) is 6.50. The fraction of sp³-hybridized carbons (Fsp3) is 0.267. The first-order chi connectivity index (χ1) is 10.3. The van der Waals surface area contributed by atoms with Crippen molar-refractivity contribution in [1.29, 1.82) is 0 Å². The highest BCUT2D eigenvalue weighted by Crippen LogP contribution is 2.29. The lowest BCUT2D eigenvalue weighted by Crippen LogP contribution is -2.33. The van der Waals surface area contributed by atoms with Crippen LogP contribution in [-0.2, 0) is 0 Å². The minimum Gasteiger partial charge on any atom is -0.345 e. The van der Waals surface area contributed by atoms with Crippen molar-refractivity contribution in [2.24, 2.45) is 0 Å². The number of nitrogens with zero attached hydrogens (tertiary/aromatic N) is 1. The second-order valence-corrected chi connectivity index (χ2v) is 5.76. The number of aromatic amines is 1. The van der Waals surface area contributed by atoms with Crippen molar-refractivity contribution >= 4 is 29.1 Å². The topological polar surface area (TPSA) is 74.8 Å². The Morgan fingerprint density at radius 3 is 2.68 bits per heavy atom. The lowest BCUT2D eigenvalue weighted by Gasteiger charge is -2.17. The molecular weight excluding hydrogens is 325 g/mol. The maximum atomic E-state index is 12.4. The summed E-state index contributed by atoms with van der Waals surface area (Å²) >= 11 is 12.1. The van der Waals surface area contributed by atoms with E-state index in [9.17, 15) is 9.59 Å². The third-order valence-electron chi connectivity index (χ3n) is 3.49. The van der Waals surface area contributed by atoms with E-state index in [1.54, 1.807) is 39.0 Å². The van der Waals surface area contributed by atoms with E-state index in [0.29, 0.717) is 26.9 Å². The lowest BCUT2D eigenvalue weighted by atomic mass is 10.1. The number of benzene rings is 1.